The number of aliphatic hydroxyl groups excluding tert-OH is 1. The van der Waals surface area contributed by atoms with Gasteiger partial charge in [-0.1, -0.05) is 30.3 Å². The maximum Gasteiger partial charge on any atom is 0.133 e. The van der Waals surface area contributed by atoms with Crippen molar-refractivity contribution in [3.05, 3.63) is 59.9 Å². The van der Waals surface area contributed by atoms with Crippen LogP contribution in [-0.4, -0.2) is 50.4 Å². The van der Waals surface area contributed by atoms with E-state index in [2.05, 4.69) is 22.0 Å². The molecule has 1 aliphatic carbocycles. The van der Waals surface area contributed by atoms with Crippen LogP contribution in [0.5, 0.6) is 5.75 Å². The lowest BCUT2D eigenvalue weighted by Gasteiger charge is -2.27. The average Bonchev–Trinajstić information content (AvgIpc) is 3.10. The highest BCUT2D eigenvalue weighted by Crippen LogP contribution is 2.45. The molecule has 0 radical (unpaired) electrons. The normalized spacial score (nSPS) is 29.6. The Labute approximate surface area is 153 Å². The third-order valence-electron chi connectivity index (χ3n) is 5.86. The number of aromatic hydroxyl groups is 1. The zero-order valence-electron chi connectivity index (χ0n) is 14.8. The fourth-order valence-corrected chi connectivity index (χ4v) is 4.76. The molecule has 2 aromatic rings. The van der Waals surface area contributed by atoms with Gasteiger partial charge >= 0.3 is 0 Å². The summed E-state index contributed by atoms with van der Waals surface area (Å²) in [6.45, 7) is 2.37. The molecule has 0 amide bonds. The summed E-state index contributed by atoms with van der Waals surface area (Å²) in [4.78, 5) is 6.37. The van der Waals surface area contributed by atoms with E-state index in [1.165, 1.54) is 11.8 Å². The van der Waals surface area contributed by atoms with Crippen LogP contribution in [0.3, 0.4) is 0 Å². The highest BCUT2D eigenvalue weighted by Gasteiger charge is 2.48. The van der Waals surface area contributed by atoms with Crippen molar-refractivity contribution in [1.29, 1.82) is 0 Å². The molecule has 2 heterocycles. The number of fused-ring (bicyclic) bond motifs is 1. The van der Waals surface area contributed by atoms with E-state index in [1.54, 1.807) is 12.1 Å². The van der Waals surface area contributed by atoms with Crippen LogP contribution in [0.15, 0.2) is 48.7 Å². The summed E-state index contributed by atoms with van der Waals surface area (Å²) in [6, 6.07) is 13.4. The molecule has 2 aliphatic rings. The van der Waals surface area contributed by atoms with Gasteiger partial charge in [0.2, 0.25) is 0 Å². The summed E-state index contributed by atoms with van der Waals surface area (Å²) >= 11 is 0. The third kappa shape index (κ3) is 3.75. The lowest BCUT2D eigenvalue weighted by molar-refractivity contribution is 0.0327. The summed E-state index contributed by atoms with van der Waals surface area (Å²) < 4.78 is 0. The van der Waals surface area contributed by atoms with Crippen molar-refractivity contribution in [1.82, 2.24) is 9.88 Å². The van der Waals surface area contributed by atoms with Crippen molar-refractivity contribution in [3.63, 3.8) is 0 Å². The molecule has 138 valence electrons. The minimum absolute atomic E-state index is 0.106. The summed E-state index contributed by atoms with van der Waals surface area (Å²) in [5.41, 5.74) is 1.18. The first-order valence-electron chi connectivity index (χ1n) is 9.32. The third-order valence-corrected chi connectivity index (χ3v) is 5.86. The van der Waals surface area contributed by atoms with Crippen LogP contribution in [0.4, 0.5) is 0 Å². The van der Waals surface area contributed by atoms with Crippen molar-refractivity contribution in [2.75, 3.05) is 19.6 Å². The van der Waals surface area contributed by atoms with E-state index >= 15 is 0 Å². The number of nitrogens with zero attached hydrogens (tertiary/aromatic N) is 2. The Bertz CT molecular complexity index is 721. The number of β-amino-alcohol motifs (C(OH)–C–C–N with tert-alkyl or cyclic N) is 1. The number of hydrogen-bond acceptors (Lipinski definition) is 5. The van der Waals surface area contributed by atoms with E-state index in [9.17, 15) is 15.3 Å². The summed E-state index contributed by atoms with van der Waals surface area (Å²) in [5.74, 6) is 1.08. The van der Waals surface area contributed by atoms with Crippen LogP contribution in [0.25, 0.3) is 0 Å². The molecule has 1 aliphatic heterocycles. The molecule has 2 fully saturated rings. The lowest BCUT2D eigenvalue weighted by Crippen LogP contribution is -2.33. The number of hydrogen-bond donors (Lipinski definition) is 3. The fraction of sp³-hybridized carbons (Fsp3) is 0.476. The van der Waals surface area contributed by atoms with Crippen molar-refractivity contribution in [2.45, 2.75) is 31.0 Å². The molecular formula is C21H26N2O3. The maximum atomic E-state index is 11.0. The molecule has 0 spiro atoms. The summed E-state index contributed by atoms with van der Waals surface area (Å²) in [6.07, 6.45) is 3.09. The van der Waals surface area contributed by atoms with Crippen LogP contribution >= 0.6 is 0 Å². The highest BCUT2D eigenvalue weighted by molar-refractivity contribution is 5.20. The van der Waals surface area contributed by atoms with Gasteiger partial charge in [0.1, 0.15) is 11.9 Å². The quantitative estimate of drug-likeness (QED) is 0.767. The van der Waals surface area contributed by atoms with Crippen molar-refractivity contribution in [2.24, 2.45) is 11.8 Å². The summed E-state index contributed by atoms with van der Waals surface area (Å²) in [7, 11) is 0. The Balaban J connectivity index is 1.32. The van der Waals surface area contributed by atoms with Gasteiger partial charge < -0.3 is 15.3 Å². The molecule has 1 aromatic heterocycles. The van der Waals surface area contributed by atoms with Crippen LogP contribution < -0.4 is 0 Å². The van der Waals surface area contributed by atoms with E-state index in [-0.39, 0.29) is 5.75 Å². The fourth-order valence-electron chi connectivity index (χ4n) is 4.76. The minimum Gasteiger partial charge on any atom is -0.506 e. The zero-order chi connectivity index (χ0) is 18.1. The Kier molecular flexibility index (Phi) is 4.69. The Hall–Kier alpha value is -1.95. The number of aliphatic hydroxyl groups is 2. The smallest absolute Gasteiger partial charge is 0.133 e. The van der Waals surface area contributed by atoms with Gasteiger partial charge in [-0.2, -0.15) is 0 Å². The number of pyridine rings is 1. The van der Waals surface area contributed by atoms with Crippen molar-refractivity contribution in [3.8, 4) is 5.75 Å². The second-order valence-electron chi connectivity index (χ2n) is 7.99. The second kappa shape index (κ2) is 6.99. The molecule has 1 saturated carbocycles. The molecule has 3 N–H and O–H groups in total. The Morgan fingerprint density at radius 1 is 1.08 bits per heavy atom. The first-order valence-corrected chi connectivity index (χ1v) is 9.32. The largest absolute Gasteiger partial charge is 0.506 e. The molecule has 0 unspecified atom stereocenters. The van der Waals surface area contributed by atoms with Crippen LogP contribution in [-0.2, 0) is 6.42 Å². The van der Waals surface area contributed by atoms with Crippen molar-refractivity contribution >= 4 is 0 Å². The lowest BCUT2D eigenvalue weighted by atomic mass is 9.91. The van der Waals surface area contributed by atoms with Crippen molar-refractivity contribution < 1.29 is 15.3 Å². The average molecular weight is 354 g/mol. The number of aromatic nitrogens is 1. The molecule has 4 rings (SSSR count). The minimum atomic E-state index is -0.655. The number of rotatable bonds is 5. The van der Waals surface area contributed by atoms with E-state index in [4.69, 9.17) is 0 Å². The maximum absolute atomic E-state index is 11.0. The van der Waals surface area contributed by atoms with Crippen LogP contribution in [0.1, 0.15) is 30.2 Å². The highest BCUT2D eigenvalue weighted by atomic mass is 16.3. The SMILES string of the molecule is Oc1ccc([C@@H](O)CN2C[C@@H]3C[C@](O)(Cc4ccccc4)C[C@@H]3C2)nc1. The van der Waals surface area contributed by atoms with Gasteiger partial charge in [-0.25, -0.2) is 0 Å². The van der Waals surface area contributed by atoms with Gasteiger partial charge in [-0.3, -0.25) is 9.88 Å². The topological polar surface area (TPSA) is 76.8 Å². The number of likely N-dealkylation sites (tertiary alicyclic amines) is 1. The van der Waals surface area contributed by atoms with Gasteiger partial charge in [0.25, 0.3) is 0 Å². The standard InChI is InChI=1S/C21H26N2O3/c24-18-6-7-19(22-11-18)20(25)14-23-12-16-9-21(26,10-17(16)13-23)8-15-4-2-1-3-5-15/h1-7,11,16-17,20,24-26H,8-10,12-14H2/t16-,17+,20-,21+/m0/s1. The zero-order valence-corrected chi connectivity index (χ0v) is 14.8. The molecule has 0 bridgehead atoms. The van der Waals surface area contributed by atoms with E-state index in [0.717, 1.165) is 32.4 Å². The van der Waals surface area contributed by atoms with Gasteiger partial charge in [0.15, 0.2) is 0 Å². The number of benzene rings is 1. The summed E-state index contributed by atoms with van der Waals surface area (Å²) in [5, 5.41) is 30.7. The van der Waals surface area contributed by atoms with Crippen LogP contribution in [0, 0.1) is 11.8 Å². The first-order chi connectivity index (χ1) is 12.5. The van der Waals surface area contributed by atoms with Gasteiger partial charge in [0.05, 0.1) is 17.5 Å². The Morgan fingerprint density at radius 2 is 1.77 bits per heavy atom. The van der Waals surface area contributed by atoms with Gasteiger partial charge in [-0.05, 0) is 42.4 Å². The molecule has 1 saturated heterocycles. The van der Waals surface area contributed by atoms with Crippen LogP contribution in [0.2, 0.25) is 0 Å². The molecule has 1 aromatic carbocycles. The first kappa shape index (κ1) is 17.5. The molecule has 5 nitrogen and oxygen atoms in total. The van der Waals surface area contributed by atoms with E-state index < -0.39 is 11.7 Å². The molecule has 5 heteroatoms. The van der Waals surface area contributed by atoms with E-state index in [1.807, 2.05) is 18.2 Å². The second-order valence-corrected chi connectivity index (χ2v) is 7.99. The molecule has 26 heavy (non-hydrogen) atoms. The van der Waals surface area contributed by atoms with Gasteiger partial charge in [-0.15, -0.1) is 0 Å². The van der Waals surface area contributed by atoms with Gasteiger partial charge in [0, 0.05) is 26.1 Å². The predicted octanol–water partition coefficient (Wildman–Crippen LogP) is 2.14. The van der Waals surface area contributed by atoms with E-state index in [0.29, 0.717) is 24.1 Å². The molecule has 4 atom stereocenters. The Morgan fingerprint density at radius 3 is 2.38 bits per heavy atom. The molecular weight excluding hydrogens is 328 g/mol. The predicted molar refractivity (Wildman–Crippen MR) is 98.6 cm³/mol. The monoisotopic (exact) mass is 354 g/mol.